The van der Waals surface area contributed by atoms with Crippen LogP contribution in [0.4, 0.5) is 5.69 Å². The summed E-state index contributed by atoms with van der Waals surface area (Å²) in [4.78, 5) is 43.5. The Labute approximate surface area is 185 Å². The Morgan fingerprint density at radius 3 is 2.68 bits per heavy atom. The molecular formula is C23H27N3O4S. The molecular weight excluding hydrogens is 414 g/mol. The highest BCUT2D eigenvalue weighted by Crippen LogP contribution is 2.28. The molecule has 0 unspecified atom stereocenters. The van der Waals surface area contributed by atoms with E-state index in [1.807, 2.05) is 39.0 Å². The standard InChI is InChI=1S/C23H27N3O4S/c1-6-7-10-30-23(29)16(5)26-12-24-21-18(22(26)28)15(4)19(31-21)20(27)25-17-9-8-13(2)11-14(17)3/h8-9,11-12,16H,6-7,10H2,1-5H3,(H,25,27)/t16-/m1/s1. The monoisotopic (exact) mass is 441 g/mol. The highest BCUT2D eigenvalue weighted by Gasteiger charge is 2.23. The van der Waals surface area contributed by atoms with Crippen LogP contribution in [0.3, 0.4) is 0 Å². The summed E-state index contributed by atoms with van der Waals surface area (Å²) in [5.74, 6) is -0.761. The molecule has 0 saturated heterocycles. The molecule has 0 bridgehead atoms. The summed E-state index contributed by atoms with van der Waals surface area (Å²) in [6, 6.07) is 4.99. The number of aryl methyl sites for hydroxylation is 3. The predicted molar refractivity (Wildman–Crippen MR) is 123 cm³/mol. The van der Waals surface area contributed by atoms with Crippen molar-refractivity contribution in [3.05, 3.63) is 56.4 Å². The van der Waals surface area contributed by atoms with Crippen molar-refractivity contribution < 1.29 is 14.3 Å². The Morgan fingerprint density at radius 2 is 2.00 bits per heavy atom. The second-order valence-corrected chi connectivity index (χ2v) is 8.66. The number of thiophene rings is 1. The van der Waals surface area contributed by atoms with Crippen molar-refractivity contribution in [2.45, 2.75) is 53.5 Å². The lowest BCUT2D eigenvalue weighted by Crippen LogP contribution is -2.29. The third-order valence-electron chi connectivity index (χ3n) is 5.21. The first-order chi connectivity index (χ1) is 14.7. The van der Waals surface area contributed by atoms with E-state index in [1.54, 1.807) is 13.8 Å². The first-order valence-corrected chi connectivity index (χ1v) is 11.1. The number of unbranched alkanes of at least 4 members (excludes halogenated alkanes) is 1. The number of fused-ring (bicyclic) bond motifs is 1. The molecule has 2 heterocycles. The van der Waals surface area contributed by atoms with Gasteiger partial charge in [-0.25, -0.2) is 9.78 Å². The molecule has 0 aliphatic rings. The van der Waals surface area contributed by atoms with Gasteiger partial charge in [-0.1, -0.05) is 31.0 Å². The molecule has 1 aromatic carbocycles. The lowest BCUT2D eigenvalue weighted by atomic mass is 10.1. The lowest BCUT2D eigenvalue weighted by Gasteiger charge is -2.14. The summed E-state index contributed by atoms with van der Waals surface area (Å²) in [6.07, 6.45) is 3.03. The van der Waals surface area contributed by atoms with E-state index in [-0.39, 0.29) is 11.5 Å². The molecule has 0 aliphatic heterocycles. The number of hydrogen-bond donors (Lipinski definition) is 1. The number of ether oxygens (including phenoxy) is 1. The summed E-state index contributed by atoms with van der Waals surface area (Å²) < 4.78 is 6.50. The number of nitrogens with zero attached hydrogens (tertiary/aromatic N) is 2. The second kappa shape index (κ2) is 9.43. The molecule has 1 N–H and O–H groups in total. The van der Waals surface area contributed by atoms with E-state index in [0.29, 0.717) is 27.3 Å². The van der Waals surface area contributed by atoms with E-state index in [1.165, 1.54) is 22.2 Å². The van der Waals surface area contributed by atoms with Crippen molar-refractivity contribution in [2.75, 3.05) is 11.9 Å². The molecule has 0 fully saturated rings. The van der Waals surface area contributed by atoms with Gasteiger partial charge in [0, 0.05) is 5.69 Å². The van der Waals surface area contributed by atoms with Crippen LogP contribution < -0.4 is 10.9 Å². The molecule has 3 rings (SSSR count). The van der Waals surface area contributed by atoms with Crippen molar-refractivity contribution in [1.29, 1.82) is 0 Å². The van der Waals surface area contributed by atoms with Gasteiger partial charge in [0.25, 0.3) is 11.5 Å². The molecule has 0 aliphatic carbocycles. The molecule has 164 valence electrons. The number of hydrogen-bond acceptors (Lipinski definition) is 6. The van der Waals surface area contributed by atoms with Crippen LogP contribution in [-0.2, 0) is 9.53 Å². The predicted octanol–water partition coefficient (Wildman–Crippen LogP) is 4.54. The Morgan fingerprint density at radius 1 is 1.26 bits per heavy atom. The van der Waals surface area contributed by atoms with Gasteiger partial charge >= 0.3 is 5.97 Å². The highest BCUT2D eigenvalue weighted by atomic mass is 32.1. The number of carbonyl (C=O) groups is 2. The Hall–Kier alpha value is -3.00. The van der Waals surface area contributed by atoms with E-state index in [9.17, 15) is 14.4 Å². The Bertz CT molecular complexity index is 1200. The van der Waals surface area contributed by atoms with E-state index < -0.39 is 12.0 Å². The Balaban J connectivity index is 1.91. The maximum atomic E-state index is 13.1. The van der Waals surface area contributed by atoms with Crippen molar-refractivity contribution in [2.24, 2.45) is 0 Å². The number of rotatable bonds is 7. The number of esters is 1. The fourth-order valence-corrected chi connectivity index (χ4v) is 4.35. The van der Waals surface area contributed by atoms with Crippen LogP contribution in [0.1, 0.15) is 59.1 Å². The van der Waals surface area contributed by atoms with Crippen LogP contribution >= 0.6 is 11.3 Å². The topological polar surface area (TPSA) is 90.3 Å². The Kier molecular flexibility index (Phi) is 6.90. The molecule has 0 spiro atoms. The second-order valence-electron chi connectivity index (χ2n) is 7.66. The zero-order chi connectivity index (χ0) is 22.7. The van der Waals surface area contributed by atoms with Gasteiger partial charge in [0.15, 0.2) is 0 Å². The van der Waals surface area contributed by atoms with Crippen LogP contribution in [-0.4, -0.2) is 28.0 Å². The summed E-state index contributed by atoms with van der Waals surface area (Å²) in [7, 11) is 0. The summed E-state index contributed by atoms with van der Waals surface area (Å²) in [6.45, 7) is 9.59. The lowest BCUT2D eigenvalue weighted by molar-refractivity contribution is -0.147. The van der Waals surface area contributed by atoms with E-state index in [2.05, 4.69) is 10.3 Å². The van der Waals surface area contributed by atoms with Gasteiger partial charge in [-0.05, 0) is 51.3 Å². The van der Waals surface area contributed by atoms with Crippen LogP contribution in [0.5, 0.6) is 0 Å². The van der Waals surface area contributed by atoms with E-state index >= 15 is 0 Å². The van der Waals surface area contributed by atoms with Crippen LogP contribution in [0.25, 0.3) is 10.2 Å². The van der Waals surface area contributed by atoms with Gasteiger partial charge in [-0.15, -0.1) is 11.3 Å². The average Bonchev–Trinajstić information content (AvgIpc) is 3.07. The van der Waals surface area contributed by atoms with Gasteiger partial charge in [-0.3, -0.25) is 14.2 Å². The smallest absolute Gasteiger partial charge is 0.328 e. The molecule has 1 atom stereocenters. The number of benzene rings is 1. The SMILES string of the molecule is CCCCOC(=O)[C@@H](C)n1cnc2sc(C(=O)Nc3ccc(C)cc3C)c(C)c2c1=O. The number of anilines is 1. The maximum Gasteiger partial charge on any atom is 0.328 e. The van der Waals surface area contributed by atoms with E-state index in [0.717, 1.165) is 29.7 Å². The summed E-state index contributed by atoms with van der Waals surface area (Å²) >= 11 is 1.17. The molecule has 0 saturated carbocycles. The third-order valence-corrected chi connectivity index (χ3v) is 6.41. The normalized spacial score (nSPS) is 12.0. The largest absolute Gasteiger partial charge is 0.464 e. The van der Waals surface area contributed by atoms with E-state index in [4.69, 9.17) is 4.74 Å². The summed E-state index contributed by atoms with van der Waals surface area (Å²) in [5.41, 5.74) is 3.00. The minimum absolute atomic E-state index is 0.287. The molecule has 2 aromatic heterocycles. The molecule has 0 radical (unpaired) electrons. The van der Waals surface area contributed by atoms with Crippen LogP contribution in [0, 0.1) is 20.8 Å². The zero-order valence-corrected chi connectivity index (χ0v) is 19.3. The van der Waals surface area contributed by atoms with Gasteiger partial charge < -0.3 is 10.1 Å². The first kappa shape index (κ1) is 22.7. The van der Waals surface area contributed by atoms with Crippen molar-refractivity contribution in [3.8, 4) is 0 Å². The first-order valence-electron chi connectivity index (χ1n) is 10.3. The van der Waals surface area contributed by atoms with Gasteiger partial charge in [0.1, 0.15) is 10.9 Å². The van der Waals surface area contributed by atoms with Crippen LogP contribution in [0.15, 0.2) is 29.3 Å². The fraction of sp³-hybridized carbons (Fsp3) is 0.391. The number of carbonyl (C=O) groups excluding carboxylic acids is 2. The minimum Gasteiger partial charge on any atom is -0.464 e. The highest BCUT2D eigenvalue weighted by molar-refractivity contribution is 7.20. The zero-order valence-electron chi connectivity index (χ0n) is 18.4. The van der Waals surface area contributed by atoms with Gasteiger partial charge in [0.05, 0.1) is 23.2 Å². The van der Waals surface area contributed by atoms with Gasteiger partial charge in [-0.2, -0.15) is 0 Å². The number of nitrogens with one attached hydrogen (secondary N) is 1. The summed E-state index contributed by atoms with van der Waals surface area (Å²) in [5, 5.41) is 3.27. The molecule has 3 aromatic rings. The quantitative estimate of drug-likeness (QED) is 0.429. The molecule has 8 heteroatoms. The average molecular weight is 442 g/mol. The van der Waals surface area contributed by atoms with Crippen molar-refractivity contribution in [1.82, 2.24) is 9.55 Å². The maximum absolute atomic E-state index is 13.1. The fourth-order valence-electron chi connectivity index (χ4n) is 3.31. The van der Waals surface area contributed by atoms with Crippen LogP contribution in [0.2, 0.25) is 0 Å². The van der Waals surface area contributed by atoms with Crippen molar-refractivity contribution in [3.63, 3.8) is 0 Å². The van der Waals surface area contributed by atoms with Crippen molar-refractivity contribution >= 4 is 39.1 Å². The van der Waals surface area contributed by atoms with Gasteiger partial charge in [0.2, 0.25) is 0 Å². The number of aromatic nitrogens is 2. The third kappa shape index (κ3) is 4.69. The number of amides is 1. The molecule has 31 heavy (non-hydrogen) atoms. The minimum atomic E-state index is -0.798. The molecule has 1 amide bonds. The molecule has 7 nitrogen and oxygen atoms in total.